The van der Waals surface area contributed by atoms with E-state index in [1.165, 1.54) is 37.0 Å². The lowest BCUT2D eigenvalue weighted by atomic mass is 10.1. The second-order valence-electron chi connectivity index (χ2n) is 4.56. The third-order valence-electron chi connectivity index (χ3n) is 3.23. The minimum absolute atomic E-state index is 0.621. The number of rotatable bonds is 3. The monoisotopic (exact) mass is 298 g/mol. The van der Waals surface area contributed by atoms with Crippen molar-refractivity contribution in [2.75, 3.05) is 5.88 Å². The summed E-state index contributed by atoms with van der Waals surface area (Å²) >= 11 is 9.32. The number of hydrogen-bond acceptors (Lipinski definition) is 4. The van der Waals surface area contributed by atoms with Crippen LogP contribution in [-0.2, 0) is 19.3 Å². The maximum absolute atomic E-state index is 5.73. The fourth-order valence-electron chi connectivity index (χ4n) is 2.31. The van der Waals surface area contributed by atoms with Gasteiger partial charge in [-0.2, -0.15) is 0 Å². The van der Waals surface area contributed by atoms with Gasteiger partial charge in [0, 0.05) is 17.2 Å². The minimum Gasteiger partial charge on any atom is -0.143 e. The molecule has 2 heterocycles. The molecule has 0 unspecified atom stereocenters. The Morgan fingerprint density at radius 2 is 2.00 bits per heavy atom. The van der Waals surface area contributed by atoms with Crippen LogP contribution in [0, 0.1) is 0 Å². The molecule has 0 amide bonds. The molecule has 18 heavy (non-hydrogen) atoms. The third kappa shape index (κ3) is 2.60. The van der Waals surface area contributed by atoms with Crippen molar-refractivity contribution in [2.45, 2.75) is 38.5 Å². The highest BCUT2D eigenvalue weighted by molar-refractivity contribution is 7.21. The standard InChI is InChI=1S/C13H15ClN2S2/c14-7-6-12-15-16-13(18-12)11-8-9-4-2-1-3-5-10(9)17-11/h8H,1-7H2. The van der Waals surface area contributed by atoms with Gasteiger partial charge in [-0.3, -0.25) is 0 Å². The number of fused-ring (bicyclic) bond motifs is 1. The molecule has 0 radical (unpaired) electrons. The van der Waals surface area contributed by atoms with Crippen molar-refractivity contribution in [1.82, 2.24) is 10.2 Å². The molecule has 0 bridgehead atoms. The fraction of sp³-hybridized carbons (Fsp3) is 0.538. The lowest BCUT2D eigenvalue weighted by molar-refractivity contribution is 0.713. The number of aromatic nitrogens is 2. The van der Waals surface area contributed by atoms with Crippen LogP contribution >= 0.6 is 34.3 Å². The van der Waals surface area contributed by atoms with Gasteiger partial charge in [-0.15, -0.1) is 33.1 Å². The number of halogens is 1. The summed E-state index contributed by atoms with van der Waals surface area (Å²) in [6.45, 7) is 0. The topological polar surface area (TPSA) is 25.8 Å². The zero-order chi connectivity index (χ0) is 12.4. The smallest absolute Gasteiger partial charge is 0.143 e. The lowest BCUT2D eigenvalue weighted by Gasteiger charge is -1.92. The van der Waals surface area contributed by atoms with E-state index in [1.54, 1.807) is 21.8 Å². The Labute approximate surface area is 120 Å². The van der Waals surface area contributed by atoms with Crippen molar-refractivity contribution >= 4 is 34.3 Å². The highest BCUT2D eigenvalue weighted by Crippen LogP contribution is 2.36. The van der Waals surface area contributed by atoms with E-state index in [-0.39, 0.29) is 0 Å². The molecule has 2 aromatic rings. The molecule has 0 atom stereocenters. The van der Waals surface area contributed by atoms with Crippen LogP contribution in [0.5, 0.6) is 0 Å². The van der Waals surface area contributed by atoms with Gasteiger partial charge in [0.05, 0.1) is 4.88 Å². The van der Waals surface area contributed by atoms with Crippen molar-refractivity contribution in [2.24, 2.45) is 0 Å². The summed E-state index contributed by atoms with van der Waals surface area (Å²) in [4.78, 5) is 2.86. The molecule has 96 valence electrons. The van der Waals surface area contributed by atoms with E-state index in [9.17, 15) is 0 Å². The molecule has 0 fully saturated rings. The molecular formula is C13H15ClN2S2. The molecule has 0 aliphatic heterocycles. The Kier molecular flexibility index (Phi) is 3.97. The Morgan fingerprint density at radius 3 is 2.89 bits per heavy atom. The Balaban J connectivity index is 1.87. The van der Waals surface area contributed by atoms with Gasteiger partial charge in [0.15, 0.2) is 5.01 Å². The van der Waals surface area contributed by atoms with Crippen LogP contribution in [0.1, 0.15) is 34.7 Å². The van der Waals surface area contributed by atoms with Crippen molar-refractivity contribution in [1.29, 1.82) is 0 Å². The molecule has 2 aromatic heterocycles. The van der Waals surface area contributed by atoms with Crippen molar-refractivity contribution < 1.29 is 0 Å². The normalized spacial score (nSPS) is 15.4. The van der Waals surface area contributed by atoms with E-state index in [2.05, 4.69) is 16.3 Å². The zero-order valence-electron chi connectivity index (χ0n) is 10.1. The van der Waals surface area contributed by atoms with Crippen molar-refractivity contribution in [3.05, 3.63) is 21.5 Å². The molecule has 1 aliphatic rings. The molecule has 2 nitrogen and oxygen atoms in total. The van der Waals surface area contributed by atoms with Gasteiger partial charge >= 0.3 is 0 Å². The van der Waals surface area contributed by atoms with Gasteiger partial charge in [-0.25, -0.2) is 0 Å². The molecule has 3 rings (SSSR count). The quantitative estimate of drug-likeness (QED) is 0.623. The summed E-state index contributed by atoms with van der Waals surface area (Å²) in [6.07, 6.45) is 7.34. The summed E-state index contributed by atoms with van der Waals surface area (Å²) in [7, 11) is 0. The van der Waals surface area contributed by atoms with Gasteiger partial charge < -0.3 is 0 Å². The van der Waals surface area contributed by atoms with Crippen LogP contribution in [0.25, 0.3) is 9.88 Å². The fourth-order valence-corrected chi connectivity index (χ4v) is 4.73. The van der Waals surface area contributed by atoms with Gasteiger partial charge in [-0.1, -0.05) is 17.8 Å². The average molecular weight is 299 g/mol. The Morgan fingerprint density at radius 1 is 1.11 bits per heavy atom. The molecule has 0 spiro atoms. The molecule has 0 saturated carbocycles. The van der Waals surface area contributed by atoms with Crippen LogP contribution in [0.4, 0.5) is 0 Å². The third-order valence-corrected chi connectivity index (χ3v) is 5.81. The summed E-state index contributed by atoms with van der Waals surface area (Å²) in [6, 6.07) is 2.33. The second-order valence-corrected chi connectivity index (χ2v) is 7.14. The van der Waals surface area contributed by atoms with Crippen LogP contribution < -0.4 is 0 Å². The number of thiophene rings is 1. The first kappa shape index (κ1) is 12.6. The first-order valence-electron chi connectivity index (χ1n) is 6.37. The molecule has 0 saturated heterocycles. The Bertz CT molecular complexity index is 509. The lowest BCUT2D eigenvalue weighted by Crippen LogP contribution is -1.82. The SMILES string of the molecule is ClCCc1nnc(-c2cc3c(s2)CCCCC3)s1. The Hall–Kier alpha value is -0.450. The number of aryl methyl sites for hydroxylation is 3. The van der Waals surface area contributed by atoms with Crippen LogP contribution in [0.2, 0.25) is 0 Å². The van der Waals surface area contributed by atoms with Gasteiger partial charge in [-0.05, 0) is 37.3 Å². The van der Waals surface area contributed by atoms with E-state index >= 15 is 0 Å². The molecule has 0 aromatic carbocycles. The first-order chi connectivity index (χ1) is 8.86. The summed E-state index contributed by atoms with van der Waals surface area (Å²) < 4.78 is 0. The second kappa shape index (κ2) is 5.68. The maximum atomic E-state index is 5.73. The average Bonchev–Trinajstić information content (AvgIpc) is 2.93. The van der Waals surface area contributed by atoms with Gasteiger partial charge in [0.25, 0.3) is 0 Å². The van der Waals surface area contributed by atoms with E-state index in [0.717, 1.165) is 16.4 Å². The van der Waals surface area contributed by atoms with Crippen LogP contribution in [0.3, 0.4) is 0 Å². The minimum atomic E-state index is 0.621. The maximum Gasteiger partial charge on any atom is 0.157 e. The van der Waals surface area contributed by atoms with E-state index < -0.39 is 0 Å². The predicted octanol–water partition coefficient (Wildman–Crippen LogP) is 4.32. The van der Waals surface area contributed by atoms with E-state index in [4.69, 9.17) is 11.6 Å². The number of hydrogen-bond donors (Lipinski definition) is 0. The van der Waals surface area contributed by atoms with Gasteiger partial charge in [0.2, 0.25) is 0 Å². The molecular weight excluding hydrogens is 284 g/mol. The number of nitrogens with zero attached hydrogens (tertiary/aromatic N) is 2. The van der Waals surface area contributed by atoms with E-state index in [0.29, 0.717) is 5.88 Å². The molecule has 1 aliphatic carbocycles. The highest BCUT2D eigenvalue weighted by atomic mass is 35.5. The largest absolute Gasteiger partial charge is 0.157 e. The first-order valence-corrected chi connectivity index (χ1v) is 8.54. The summed E-state index contributed by atoms with van der Waals surface area (Å²) in [5.74, 6) is 0.621. The van der Waals surface area contributed by atoms with Crippen LogP contribution in [-0.4, -0.2) is 16.1 Å². The predicted molar refractivity (Wildman–Crippen MR) is 78.9 cm³/mol. The summed E-state index contributed by atoms with van der Waals surface area (Å²) in [5.41, 5.74) is 1.54. The molecule has 0 N–H and O–H groups in total. The summed E-state index contributed by atoms with van der Waals surface area (Å²) in [5, 5.41) is 10.6. The molecule has 5 heteroatoms. The zero-order valence-corrected chi connectivity index (χ0v) is 12.5. The highest BCUT2D eigenvalue weighted by Gasteiger charge is 2.15. The van der Waals surface area contributed by atoms with Crippen molar-refractivity contribution in [3.63, 3.8) is 0 Å². The van der Waals surface area contributed by atoms with Crippen molar-refractivity contribution in [3.8, 4) is 9.88 Å². The van der Waals surface area contributed by atoms with Crippen LogP contribution in [0.15, 0.2) is 6.07 Å². The van der Waals surface area contributed by atoms with Gasteiger partial charge in [0.1, 0.15) is 5.01 Å². The number of alkyl halides is 1. The van der Waals surface area contributed by atoms with E-state index in [1.807, 2.05) is 11.3 Å².